The topological polar surface area (TPSA) is 47.7 Å². The fourth-order valence-electron chi connectivity index (χ4n) is 2.25. The predicted octanol–water partition coefficient (Wildman–Crippen LogP) is 1.63. The average molecular weight is 261 g/mol. The van der Waals surface area contributed by atoms with Crippen molar-refractivity contribution >= 4 is 0 Å². The van der Waals surface area contributed by atoms with Crippen LogP contribution in [0.4, 0.5) is 0 Å². The summed E-state index contributed by atoms with van der Waals surface area (Å²) < 4.78 is 4.38. The van der Waals surface area contributed by atoms with Gasteiger partial charge in [-0.1, -0.05) is 6.92 Å². The Kier molecular flexibility index (Phi) is 4.74. The lowest BCUT2D eigenvalue weighted by molar-refractivity contribution is 0.452. The Morgan fingerprint density at radius 2 is 1.95 bits per heavy atom. The van der Waals surface area contributed by atoms with E-state index in [1.165, 1.54) is 0 Å². The maximum Gasteiger partial charge on any atom is 0.108 e. The zero-order chi connectivity index (χ0) is 13.7. The summed E-state index contributed by atoms with van der Waals surface area (Å²) in [6, 6.07) is 0.434. The van der Waals surface area contributed by atoms with Gasteiger partial charge in [0.25, 0.3) is 0 Å². The molecule has 104 valence electrons. The number of rotatable bonds is 7. The highest BCUT2D eigenvalue weighted by Crippen LogP contribution is 2.00. The molecule has 1 N–H and O–H groups in total. The Morgan fingerprint density at radius 3 is 2.63 bits per heavy atom. The van der Waals surface area contributed by atoms with Gasteiger partial charge in [-0.15, -0.1) is 0 Å². The third-order valence-electron chi connectivity index (χ3n) is 3.36. The summed E-state index contributed by atoms with van der Waals surface area (Å²) in [5, 5.41) is 3.54. The van der Waals surface area contributed by atoms with Gasteiger partial charge in [-0.05, 0) is 13.8 Å². The second-order valence-electron chi connectivity index (χ2n) is 4.87. The fourth-order valence-corrected chi connectivity index (χ4v) is 2.25. The minimum atomic E-state index is 0.434. The van der Waals surface area contributed by atoms with Crippen molar-refractivity contribution in [2.45, 2.75) is 46.3 Å². The highest BCUT2D eigenvalue weighted by atomic mass is 15.1. The molecule has 0 saturated carbocycles. The number of nitrogens with one attached hydrogen (secondary N) is 1. The summed E-state index contributed by atoms with van der Waals surface area (Å²) in [6.07, 6.45) is 8.77. The average Bonchev–Trinajstić information content (AvgIpc) is 2.99. The standard InChI is InChI=1S/C14H23N5/c1-4-14-17-7-10-19(14)11-12(2)15-5-8-18-9-6-16-13(18)3/h6-7,9-10,12,15H,4-5,8,11H2,1-3H3/t12-/m1/s1. The van der Waals surface area contributed by atoms with E-state index in [-0.39, 0.29) is 0 Å². The van der Waals surface area contributed by atoms with E-state index in [0.29, 0.717) is 6.04 Å². The van der Waals surface area contributed by atoms with Crippen molar-refractivity contribution in [3.8, 4) is 0 Å². The molecule has 2 rings (SSSR count). The molecule has 5 nitrogen and oxygen atoms in total. The van der Waals surface area contributed by atoms with E-state index >= 15 is 0 Å². The maximum atomic E-state index is 4.34. The largest absolute Gasteiger partial charge is 0.334 e. The molecular formula is C14H23N5. The van der Waals surface area contributed by atoms with Crippen molar-refractivity contribution in [1.82, 2.24) is 24.4 Å². The fraction of sp³-hybridized carbons (Fsp3) is 0.571. The number of hydrogen-bond donors (Lipinski definition) is 1. The van der Waals surface area contributed by atoms with Gasteiger partial charge < -0.3 is 14.5 Å². The number of imidazole rings is 2. The van der Waals surface area contributed by atoms with Crippen LogP contribution in [0.2, 0.25) is 0 Å². The minimum absolute atomic E-state index is 0.434. The summed E-state index contributed by atoms with van der Waals surface area (Å²) >= 11 is 0. The molecule has 0 amide bonds. The number of aromatic nitrogens is 4. The van der Waals surface area contributed by atoms with Crippen molar-refractivity contribution in [1.29, 1.82) is 0 Å². The van der Waals surface area contributed by atoms with Gasteiger partial charge in [-0.2, -0.15) is 0 Å². The first kappa shape index (κ1) is 13.8. The molecule has 0 fully saturated rings. The Labute approximate surface area is 114 Å². The minimum Gasteiger partial charge on any atom is -0.334 e. The molecule has 2 heterocycles. The van der Waals surface area contributed by atoms with Gasteiger partial charge in [0.05, 0.1) is 0 Å². The molecule has 0 bridgehead atoms. The van der Waals surface area contributed by atoms with Gasteiger partial charge in [0.1, 0.15) is 11.6 Å². The lowest BCUT2D eigenvalue weighted by Crippen LogP contribution is -2.33. The number of aryl methyl sites for hydroxylation is 2. The molecule has 0 radical (unpaired) electrons. The van der Waals surface area contributed by atoms with Gasteiger partial charge in [-0.3, -0.25) is 0 Å². The molecule has 0 spiro atoms. The van der Waals surface area contributed by atoms with Gasteiger partial charge in [-0.25, -0.2) is 9.97 Å². The third kappa shape index (κ3) is 3.67. The van der Waals surface area contributed by atoms with Crippen LogP contribution in [0.3, 0.4) is 0 Å². The quantitative estimate of drug-likeness (QED) is 0.824. The maximum absolute atomic E-state index is 4.34. The zero-order valence-corrected chi connectivity index (χ0v) is 12.0. The van der Waals surface area contributed by atoms with E-state index in [4.69, 9.17) is 0 Å². The van der Waals surface area contributed by atoms with E-state index in [0.717, 1.165) is 37.7 Å². The van der Waals surface area contributed by atoms with Gasteiger partial charge in [0, 0.05) is 56.9 Å². The van der Waals surface area contributed by atoms with Crippen LogP contribution in [0.15, 0.2) is 24.8 Å². The molecule has 2 aromatic rings. The Balaban J connectivity index is 1.76. The molecule has 5 heteroatoms. The van der Waals surface area contributed by atoms with Crippen LogP contribution in [-0.4, -0.2) is 31.7 Å². The predicted molar refractivity (Wildman–Crippen MR) is 76.0 cm³/mol. The van der Waals surface area contributed by atoms with Crippen LogP contribution in [0.25, 0.3) is 0 Å². The van der Waals surface area contributed by atoms with Crippen molar-refractivity contribution in [2.75, 3.05) is 6.54 Å². The van der Waals surface area contributed by atoms with Crippen LogP contribution >= 0.6 is 0 Å². The first-order valence-electron chi connectivity index (χ1n) is 6.91. The van der Waals surface area contributed by atoms with Crippen LogP contribution in [-0.2, 0) is 19.5 Å². The summed E-state index contributed by atoms with van der Waals surface area (Å²) in [5.41, 5.74) is 0. The second-order valence-corrected chi connectivity index (χ2v) is 4.87. The summed E-state index contributed by atoms with van der Waals surface area (Å²) in [5.74, 6) is 2.22. The van der Waals surface area contributed by atoms with Gasteiger partial charge in [0.15, 0.2) is 0 Å². The molecule has 1 atom stereocenters. The van der Waals surface area contributed by atoms with Crippen molar-refractivity contribution < 1.29 is 0 Å². The highest BCUT2D eigenvalue weighted by Gasteiger charge is 2.06. The summed E-state index contributed by atoms with van der Waals surface area (Å²) in [4.78, 5) is 8.56. The normalized spacial score (nSPS) is 12.8. The molecular weight excluding hydrogens is 238 g/mol. The Hall–Kier alpha value is -1.62. The van der Waals surface area contributed by atoms with Crippen LogP contribution in [0, 0.1) is 6.92 Å². The van der Waals surface area contributed by atoms with Gasteiger partial charge >= 0.3 is 0 Å². The van der Waals surface area contributed by atoms with Crippen LogP contribution in [0.5, 0.6) is 0 Å². The molecule has 0 aliphatic rings. The first-order chi connectivity index (χ1) is 9.20. The summed E-state index contributed by atoms with van der Waals surface area (Å²) in [7, 11) is 0. The number of hydrogen-bond acceptors (Lipinski definition) is 3. The highest BCUT2D eigenvalue weighted by molar-refractivity contribution is 4.92. The molecule has 2 aromatic heterocycles. The monoisotopic (exact) mass is 261 g/mol. The molecule has 19 heavy (non-hydrogen) atoms. The third-order valence-corrected chi connectivity index (χ3v) is 3.36. The van der Waals surface area contributed by atoms with Crippen molar-refractivity contribution in [3.05, 3.63) is 36.4 Å². The van der Waals surface area contributed by atoms with E-state index in [9.17, 15) is 0 Å². The van der Waals surface area contributed by atoms with E-state index < -0.39 is 0 Å². The van der Waals surface area contributed by atoms with E-state index in [1.807, 2.05) is 25.5 Å². The number of nitrogens with zero attached hydrogens (tertiary/aromatic N) is 4. The molecule has 0 saturated heterocycles. The zero-order valence-electron chi connectivity index (χ0n) is 12.0. The lowest BCUT2D eigenvalue weighted by Gasteiger charge is -2.16. The van der Waals surface area contributed by atoms with Crippen LogP contribution in [0.1, 0.15) is 25.5 Å². The lowest BCUT2D eigenvalue weighted by atomic mass is 10.3. The van der Waals surface area contributed by atoms with Crippen molar-refractivity contribution in [3.63, 3.8) is 0 Å². The second kappa shape index (κ2) is 6.52. The van der Waals surface area contributed by atoms with Crippen molar-refractivity contribution in [2.24, 2.45) is 0 Å². The Morgan fingerprint density at radius 1 is 1.21 bits per heavy atom. The van der Waals surface area contributed by atoms with Crippen LogP contribution < -0.4 is 5.32 Å². The van der Waals surface area contributed by atoms with E-state index in [2.05, 4.69) is 44.5 Å². The Bertz CT molecular complexity index is 499. The first-order valence-corrected chi connectivity index (χ1v) is 6.91. The van der Waals surface area contributed by atoms with E-state index in [1.54, 1.807) is 0 Å². The molecule has 0 aromatic carbocycles. The molecule has 0 aliphatic carbocycles. The summed E-state index contributed by atoms with van der Waals surface area (Å²) in [6.45, 7) is 9.25. The molecule has 0 aliphatic heterocycles. The SMILES string of the molecule is CCc1nccn1C[C@@H](C)NCCn1ccnc1C. The van der Waals surface area contributed by atoms with Gasteiger partial charge in [0.2, 0.25) is 0 Å². The smallest absolute Gasteiger partial charge is 0.108 e. The molecule has 0 unspecified atom stereocenters.